The number of rotatable bonds is 26. The number of hydrogen-bond acceptors (Lipinski definition) is 23. The van der Waals surface area contributed by atoms with Crippen LogP contribution in [0.1, 0.15) is 120 Å². The number of aryl methyl sites for hydroxylation is 2. The molecule has 3 amide bonds. The maximum atomic E-state index is 14.6. The summed E-state index contributed by atoms with van der Waals surface area (Å²) in [6.07, 6.45) is 7.34. The predicted octanol–water partition coefficient (Wildman–Crippen LogP) is 5.35. The molecule has 8 N–H and O–H groups in total. The van der Waals surface area contributed by atoms with Crippen LogP contribution in [0.4, 0.5) is 0 Å². The van der Waals surface area contributed by atoms with E-state index >= 15 is 0 Å². The van der Waals surface area contributed by atoms with Crippen molar-refractivity contribution in [2.45, 2.75) is 129 Å². The van der Waals surface area contributed by atoms with Gasteiger partial charge in [-0.15, -0.1) is 0 Å². The third-order valence-corrected chi connectivity index (χ3v) is 21.7. The quantitative estimate of drug-likeness (QED) is 0.0338. The Bertz CT molecular complexity index is 4800. The van der Waals surface area contributed by atoms with Crippen molar-refractivity contribution < 1.29 is 73.6 Å². The van der Waals surface area contributed by atoms with E-state index in [2.05, 4.69) is 41.0 Å². The second kappa shape index (κ2) is 33.7. The lowest BCUT2D eigenvalue weighted by molar-refractivity contribution is -0.465. The number of piperidine rings is 2. The van der Waals surface area contributed by atoms with Gasteiger partial charge in [-0.05, 0) is 156 Å². The number of hydrogen-bond donors (Lipinski definition) is 8. The molecule has 109 heavy (non-hydrogen) atoms. The highest BCUT2D eigenvalue weighted by Gasteiger charge is 2.36. The van der Waals surface area contributed by atoms with Crippen LogP contribution >= 0.6 is 0 Å². The van der Waals surface area contributed by atoms with Crippen LogP contribution in [0.25, 0.3) is 56.0 Å². The summed E-state index contributed by atoms with van der Waals surface area (Å²) < 4.78 is 7.09. The molecule has 2 unspecified atom stereocenters. The van der Waals surface area contributed by atoms with E-state index in [1.165, 1.54) is 21.3 Å². The van der Waals surface area contributed by atoms with Crippen LogP contribution in [0.2, 0.25) is 0 Å². The van der Waals surface area contributed by atoms with Gasteiger partial charge in [0.1, 0.15) is 29.0 Å². The number of aromatic amines is 2. The van der Waals surface area contributed by atoms with Gasteiger partial charge in [-0.1, -0.05) is 27.7 Å². The number of carbonyl (C=O) groups is 7. The van der Waals surface area contributed by atoms with E-state index in [0.717, 1.165) is 40.2 Å². The van der Waals surface area contributed by atoms with Gasteiger partial charge < -0.3 is 49.8 Å². The van der Waals surface area contributed by atoms with Gasteiger partial charge >= 0.3 is 35.3 Å². The van der Waals surface area contributed by atoms with Gasteiger partial charge in [0.25, 0.3) is 0 Å². The van der Waals surface area contributed by atoms with Crippen LogP contribution in [-0.2, 0) is 61.2 Å². The fraction of sp³-hybridized carbons (Fsp3) is 0.487. The molecule has 0 spiro atoms. The monoisotopic (exact) mass is 1500 g/mol. The number of aromatic hydroxyl groups is 4. The molecule has 12 rings (SSSR count). The van der Waals surface area contributed by atoms with Crippen molar-refractivity contribution in [3.8, 4) is 57.1 Å². The Morgan fingerprint density at radius 2 is 1.22 bits per heavy atom. The second-order valence-corrected chi connectivity index (χ2v) is 29.6. The van der Waals surface area contributed by atoms with Crippen molar-refractivity contribution in [1.82, 2.24) is 78.8 Å². The fourth-order valence-electron chi connectivity index (χ4n) is 15.3. The molecular weight excluding hydrogens is 1410 g/mol. The topological polar surface area (TPSA) is 394 Å². The largest absolute Gasteiger partial charge is 0.508 e. The maximum Gasteiger partial charge on any atom is 0.349 e. The first kappa shape index (κ1) is 77.7. The molecule has 0 aliphatic carbocycles. The van der Waals surface area contributed by atoms with Gasteiger partial charge in [0.05, 0.1) is 42.1 Å². The van der Waals surface area contributed by atoms with Gasteiger partial charge in [-0.25, -0.2) is 43.3 Å². The summed E-state index contributed by atoms with van der Waals surface area (Å²) in [7, 11) is 4.90. The molecular formula is C76H96N16O17. The van der Waals surface area contributed by atoms with Gasteiger partial charge in [-0.2, -0.15) is 10.2 Å². The lowest BCUT2D eigenvalue weighted by Gasteiger charge is -2.35. The van der Waals surface area contributed by atoms with E-state index in [1.54, 1.807) is 69.6 Å². The standard InChI is InChI=1S/C76H96N16O17/c1-8-85(42-69(100)101)32-31-84(7)61(74(104)109-92-107-70(102)43-82(5)29-30-83(6)44-71(103)108-92)13-14-66(97)77-50(34-67(98)87-23-16-47(17-24-87)15-22-86-28-21-49-33-51(9-11-59(49)86)90-72(78-80-75(90)105)56-37-53(45(2)3)62(93)39-64(56)95)35-68(99)88-25-18-48(19-26-88)20-27-89-41-58-46(4)54-38-57(65(96)40-63(54)94)73-79-81-76(106)91(73)52-10-12-60(89)55(58)36-52/h9-12,21,28,33,36-41,45-48,50,61,93-96H,8,13-20,22-27,29-32,34-35,42-44H2,1-7H3,(H,77,97)(H,80,105)(H,81,106)(H,100,101)/t46?,50?,61-/m1/s1. The summed E-state index contributed by atoms with van der Waals surface area (Å²) in [5.41, 5.74) is 4.56. The van der Waals surface area contributed by atoms with Crippen LogP contribution < -0.4 is 16.7 Å². The molecule has 4 aromatic carbocycles. The maximum absolute atomic E-state index is 14.6. The number of amides is 3. The number of aliphatic carboxylic acids is 1. The molecule has 4 aliphatic rings. The first-order chi connectivity index (χ1) is 52.2. The average molecular weight is 1510 g/mol. The normalized spacial score (nSPS) is 17.2. The van der Waals surface area contributed by atoms with Crippen molar-refractivity contribution in [1.29, 1.82) is 0 Å². The van der Waals surface area contributed by atoms with Gasteiger partial charge in [-0.3, -0.25) is 53.3 Å². The van der Waals surface area contributed by atoms with Crippen molar-refractivity contribution in [2.75, 3.05) is 99.7 Å². The summed E-state index contributed by atoms with van der Waals surface area (Å²) in [6, 6.07) is 16.8. The first-order valence-electron chi connectivity index (χ1n) is 37.2. The summed E-state index contributed by atoms with van der Waals surface area (Å²) >= 11 is 0. The average Bonchev–Trinajstić information content (AvgIpc) is 1.63. The zero-order valence-corrected chi connectivity index (χ0v) is 62.4. The van der Waals surface area contributed by atoms with Gasteiger partial charge in [0.2, 0.25) is 23.1 Å². The second-order valence-electron chi connectivity index (χ2n) is 29.6. The minimum Gasteiger partial charge on any atom is -0.508 e. The molecule has 33 nitrogen and oxygen atoms in total. The molecule has 3 fully saturated rings. The molecule has 3 atom stereocenters. The fourth-order valence-corrected chi connectivity index (χ4v) is 15.3. The van der Waals surface area contributed by atoms with Crippen molar-refractivity contribution in [3.05, 3.63) is 117 Å². The molecule has 8 aromatic rings. The van der Waals surface area contributed by atoms with Crippen molar-refractivity contribution in [2.24, 2.45) is 11.8 Å². The van der Waals surface area contributed by atoms with Crippen LogP contribution in [-0.4, -0.2) is 252 Å². The molecule has 4 aromatic heterocycles. The third-order valence-electron chi connectivity index (χ3n) is 21.7. The van der Waals surface area contributed by atoms with Crippen LogP contribution in [0.5, 0.6) is 23.0 Å². The number of carboxylic acids is 1. The van der Waals surface area contributed by atoms with E-state index in [4.69, 9.17) is 14.5 Å². The Hall–Kier alpha value is -10.9. The zero-order chi connectivity index (χ0) is 77.6. The van der Waals surface area contributed by atoms with E-state index in [-0.39, 0.29) is 139 Å². The molecule has 4 bridgehead atoms. The number of likely N-dealkylation sites (tertiary alicyclic amines) is 2. The summed E-state index contributed by atoms with van der Waals surface area (Å²) in [5, 5.41) is 71.4. The summed E-state index contributed by atoms with van der Waals surface area (Å²) in [6.45, 7) is 11.2. The molecule has 0 saturated carbocycles. The lowest BCUT2D eigenvalue weighted by atomic mass is 9.90. The number of phenols is 4. The highest BCUT2D eigenvalue weighted by molar-refractivity contribution is 5.89. The Morgan fingerprint density at radius 1 is 0.670 bits per heavy atom. The van der Waals surface area contributed by atoms with E-state index < -0.39 is 53.2 Å². The number of carboxylic acid groups (broad SMARTS) is 1. The van der Waals surface area contributed by atoms with Crippen LogP contribution in [0.15, 0.2) is 88.7 Å². The number of fused-ring (bicyclic) bond motifs is 7. The molecule has 8 heterocycles. The third kappa shape index (κ3) is 18.0. The number of carbonyl (C=O) groups excluding carboxylic acids is 6. The number of aromatic nitrogens is 8. The molecule has 582 valence electrons. The number of H-pyrrole nitrogens is 2. The lowest BCUT2D eigenvalue weighted by Crippen LogP contribution is -2.48. The molecule has 33 heteroatoms. The Morgan fingerprint density at radius 3 is 1.79 bits per heavy atom. The highest BCUT2D eigenvalue weighted by Crippen LogP contribution is 2.44. The Labute approximate surface area is 627 Å². The zero-order valence-electron chi connectivity index (χ0n) is 62.4. The summed E-state index contributed by atoms with van der Waals surface area (Å²) in [5.74, 6) is -5.23. The highest BCUT2D eigenvalue weighted by atomic mass is 17.2. The first-order valence-corrected chi connectivity index (χ1v) is 37.2. The van der Waals surface area contributed by atoms with Crippen LogP contribution in [0.3, 0.4) is 0 Å². The number of phenolic OH excluding ortho intramolecular Hbond substituents is 4. The predicted molar refractivity (Wildman–Crippen MR) is 398 cm³/mol. The van der Waals surface area contributed by atoms with Gasteiger partial charge in [0, 0.05) is 149 Å². The Kier molecular flexibility index (Phi) is 24.1. The van der Waals surface area contributed by atoms with Crippen LogP contribution in [0, 0.1) is 11.8 Å². The molecule has 4 aliphatic heterocycles. The molecule has 0 radical (unpaired) electrons. The number of nitrogens with one attached hydrogen (secondary N) is 3. The number of nitrogens with zero attached hydrogens (tertiary/aromatic N) is 13. The summed E-state index contributed by atoms with van der Waals surface area (Å²) in [4.78, 5) is 148. The number of benzene rings is 4. The molecule has 3 saturated heterocycles. The number of likely N-dealkylation sites (N-methyl/N-ethyl adjacent to an activating group) is 4. The van der Waals surface area contributed by atoms with E-state index in [9.17, 15) is 68.7 Å². The van der Waals surface area contributed by atoms with Crippen molar-refractivity contribution >= 4 is 63.4 Å². The van der Waals surface area contributed by atoms with E-state index in [0.29, 0.717) is 113 Å². The van der Waals surface area contributed by atoms with Crippen molar-refractivity contribution in [3.63, 3.8) is 0 Å². The Balaban J connectivity index is 0.714. The smallest absolute Gasteiger partial charge is 0.349 e. The minimum absolute atomic E-state index is 0.0612. The SMILES string of the molecule is CCN(CCN(C)[C@H](CCC(=O)NC(CC(=O)N1CCC(CCn2ccc3cc(-n4c(-c5cc(C(C)C)c(O)cc5O)n[nH]c4=O)ccc32)CC1)CC(=O)N1CCC(CCn2cc3c4cc(ccc42)-n2c(n[nH]c2=O)-c2cc(c(O)cc2O)C3C)CC1)C(=O)ON1OC(=O)CN(C)CCN(C)CC(=O)O1)CC(=O)O. The minimum atomic E-state index is -1.29. The van der Waals surface area contributed by atoms with E-state index in [1.807, 2.05) is 69.4 Å². The van der Waals surface area contributed by atoms with Gasteiger partial charge in [0.15, 0.2) is 11.6 Å².